The fourth-order valence-electron chi connectivity index (χ4n) is 1.63. The Morgan fingerprint density at radius 3 is 2.13 bits per heavy atom. The quantitative estimate of drug-likeness (QED) is 0.844. The Hall–Kier alpha value is -1.94. The van der Waals surface area contributed by atoms with Gasteiger partial charge in [0.25, 0.3) is 10.0 Å². The molecular formula is C13H9F4NO3S2. The highest BCUT2D eigenvalue weighted by Gasteiger charge is 2.37. The monoisotopic (exact) mass is 367 g/mol. The molecule has 1 N–H and O–H groups in total. The molecule has 0 aliphatic heterocycles. The van der Waals surface area contributed by atoms with Crippen molar-refractivity contribution in [3.05, 3.63) is 54.3 Å². The van der Waals surface area contributed by atoms with Crippen LogP contribution in [0.4, 0.5) is 23.2 Å². The lowest BCUT2D eigenvalue weighted by Gasteiger charge is -2.10. The van der Waals surface area contributed by atoms with Gasteiger partial charge in [0, 0.05) is 10.6 Å². The fourth-order valence-corrected chi connectivity index (χ4v) is 3.37. The second-order valence-electron chi connectivity index (χ2n) is 4.30. The van der Waals surface area contributed by atoms with Crippen LogP contribution in [0.15, 0.2) is 58.3 Å². The summed E-state index contributed by atoms with van der Waals surface area (Å²) in [4.78, 5) is -0.841. The van der Waals surface area contributed by atoms with Gasteiger partial charge in [0.2, 0.25) is 0 Å². The van der Waals surface area contributed by atoms with Gasteiger partial charge in [0.1, 0.15) is 5.82 Å². The molecule has 0 aliphatic carbocycles. The largest absolute Gasteiger partial charge is 0.475 e. The molecule has 10 heteroatoms. The van der Waals surface area contributed by atoms with E-state index in [4.69, 9.17) is 0 Å². The van der Waals surface area contributed by atoms with Gasteiger partial charge in [0.05, 0.1) is 4.90 Å². The standard InChI is InChI=1S/C13H9F4NO3S2/c14-9-2-1-3-12(8-9)23(20,21)18-10-4-6-11(7-5-10)22(19)13(15,16)17/h1-8,18H. The van der Waals surface area contributed by atoms with Crippen molar-refractivity contribution < 1.29 is 30.2 Å². The molecular weight excluding hydrogens is 358 g/mol. The number of halogens is 4. The maximum absolute atomic E-state index is 13.1. The summed E-state index contributed by atoms with van der Waals surface area (Å²) in [6, 6.07) is 8.11. The summed E-state index contributed by atoms with van der Waals surface area (Å²) in [7, 11) is -7.28. The van der Waals surface area contributed by atoms with E-state index in [1.807, 2.05) is 0 Å². The highest BCUT2D eigenvalue weighted by Crippen LogP contribution is 2.27. The molecule has 0 aromatic heterocycles. The minimum atomic E-state index is -4.90. The van der Waals surface area contributed by atoms with E-state index >= 15 is 0 Å². The van der Waals surface area contributed by atoms with Crippen molar-refractivity contribution >= 4 is 26.5 Å². The smallest absolute Gasteiger partial charge is 0.280 e. The number of nitrogens with one attached hydrogen (secondary N) is 1. The second-order valence-corrected chi connectivity index (χ2v) is 7.46. The molecule has 2 rings (SSSR count). The third kappa shape index (κ3) is 4.29. The van der Waals surface area contributed by atoms with E-state index in [1.165, 1.54) is 12.1 Å². The maximum atomic E-state index is 13.1. The van der Waals surface area contributed by atoms with E-state index in [-0.39, 0.29) is 10.6 Å². The van der Waals surface area contributed by atoms with Gasteiger partial charge in [0.15, 0.2) is 10.8 Å². The number of hydrogen-bond acceptors (Lipinski definition) is 3. The third-order valence-corrected chi connectivity index (χ3v) is 5.14. The molecule has 1 atom stereocenters. The molecule has 2 aromatic carbocycles. The normalized spacial score (nSPS) is 13.6. The molecule has 0 aliphatic rings. The zero-order valence-corrected chi connectivity index (χ0v) is 12.8. The Kier molecular flexibility index (Phi) is 4.76. The number of anilines is 1. The van der Waals surface area contributed by atoms with Gasteiger partial charge in [-0.15, -0.1) is 0 Å². The van der Waals surface area contributed by atoms with Gasteiger partial charge in [-0.05, 0) is 42.5 Å². The predicted molar refractivity (Wildman–Crippen MR) is 76.1 cm³/mol. The first kappa shape index (κ1) is 17.4. The van der Waals surface area contributed by atoms with E-state index in [0.29, 0.717) is 0 Å². The van der Waals surface area contributed by atoms with Gasteiger partial charge in [-0.3, -0.25) is 4.72 Å². The summed E-state index contributed by atoms with van der Waals surface area (Å²) in [6.07, 6.45) is 0. The Morgan fingerprint density at radius 1 is 1.00 bits per heavy atom. The first-order chi connectivity index (χ1) is 10.6. The van der Waals surface area contributed by atoms with E-state index in [1.54, 1.807) is 0 Å². The highest BCUT2D eigenvalue weighted by molar-refractivity contribution is 7.92. The van der Waals surface area contributed by atoms with Crippen LogP contribution >= 0.6 is 0 Å². The third-order valence-electron chi connectivity index (χ3n) is 2.64. The molecule has 0 bridgehead atoms. The number of rotatable bonds is 4. The summed E-state index contributed by atoms with van der Waals surface area (Å²) in [5, 5.41) is 0. The Labute approximate surface area is 131 Å². The van der Waals surface area contributed by atoms with Gasteiger partial charge in [-0.2, -0.15) is 13.2 Å². The second kappa shape index (κ2) is 6.28. The van der Waals surface area contributed by atoms with Crippen LogP contribution in [0.25, 0.3) is 0 Å². The highest BCUT2D eigenvalue weighted by atomic mass is 32.2. The SMILES string of the molecule is O=S(c1ccc(NS(=O)(=O)c2cccc(F)c2)cc1)C(F)(F)F. The van der Waals surface area contributed by atoms with Gasteiger partial charge >= 0.3 is 5.51 Å². The van der Waals surface area contributed by atoms with Crippen molar-refractivity contribution in [1.82, 2.24) is 0 Å². The van der Waals surface area contributed by atoms with Crippen molar-refractivity contribution in [1.29, 1.82) is 0 Å². The van der Waals surface area contributed by atoms with Gasteiger partial charge in [-0.1, -0.05) is 6.07 Å². The lowest BCUT2D eigenvalue weighted by atomic mass is 10.3. The summed E-state index contributed by atoms with van der Waals surface area (Å²) >= 11 is 0. The van der Waals surface area contributed by atoms with Crippen molar-refractivity contribution in [2.45, 2.75) is 15.3 Å². The van der Waals surface area contributed by atoms with Crippen LogP contribution in [0, 0.1) is 5.82 Å². The molecule has 0 radical (unpaired) electrons. The van der Waals surface area contributed by atoms with E-state index < -0.39 is 37.0 Å². The average molecular weight is 367 g/mol. The summed E-state index contributed by atoms with van der Waals surface area (Å²) in [5.41, 5.74) is -4.94. The van der Waals surface area contributed by atoms with Crippen molar-refractivity contribution in [3.63, 3.8) is 0 Å². The van der Waals surface area contributed by atoms with Gasteiger partial charge in [-0.25, -0.2) is 17.0 Å². The minimum absolute atomic E-state index is 0.0443. The molecule has 1 unspecified atom stereocenters. The number of benzene rings is 2. The van der Waals surface area contributed by atoms with Crippen molar-refractivity contribution in [2.75, 3.05) is 4.72 Å². The number of sulfonamides is 1. The number of hydrogen-bond donors (Lipinski definition) is 1. The Morgan fingerprint density at radius 2 is 1.61 bits per heavy atom. The van der Waals surface area contributed by atoms with Crippen LogP contribution in [0.3, 0.4) is 0 Å². The topological polar surface area (TPSA) is 63.2 Å². The summed E-state index contributed by atoms with van der Waals surface area (Å²) in [6.45, 7) is 0. The molecule has 0 spiro atoms. The Bertz CT molecular complexity index is 833. The van der Waals surface area contributed by atoms with Crippen LogP contribution in [-0.2, 0) is 20.8 Å². The number of alkyl halides is 3. The fraction of sp³-hybridized carbons (Fsp3) is 0.0769. The van der Waals surface area contributed by atoms with Crippen LogP contribution in [0.5, 0.6) is 0 Å². The molecule has 0 amide bonds. The van der Waals surface area contributed by atoms with E-state index in [9.17, 15) is 30.2 Å². The van der Waals surface area contributed by atoms with Crippen molar-refractivity contribution in [2.24, 2.45) is 0 Å². The molecule has 0 heterocycles. The molecule has 124 valence electrons. The lowest BCUT2D eigenvalue weighted by Crippen LogP contribution is -2.16. The first-order valence-electron chi connectivity index (χ1n) is 5.97. The van der Waals surface area contributed by atoms with Crippen LogP contribution in [0.2, 0.25) is 0 Å². The zero-order chi connectivity index (χ0) is 17.3. The summed E-state index contributed by atoms with van der Waals surface area (Å²) < 4.78 is 87.3. The molecule has 2 aromatic rings. The molecule has 0 saturated heterocycles. The van der Waals surface area contributed by atoms with Crippen molar-refractivity contribution in [3.8, 4) is 0 Å². The molecule has 4 nitrogen and oxygen atoms in total. The van der Waals surface area contributed by atoms with Crippen LogP contribution in [0.1, 0.15) is 0 Å². The van der Waals surface area contributed by atoms with E-state index in [0.717, 1.165) is 36.4 Å². The maximum Gasteiger partial charge on any atom is 0.475 e. The zero-order valence-electron chi connectivity index (χ0n) is 11.2. The minimum Gasteiger partial charge on any atom is -0.280 e. The van der Waals surface area contributed by atoms with Gasteiger partial charge < -0.3 is 0 Å². The molecule has 0 fully saturated rings. The molecule has 0 saturated carbocycles. The molecule has 23 heavy (non-hydrogen) atoms. The predicted octanol–water partition coefficient (Wildman–Crippen LogP) is 3.25. The first-order valence-corrected chi connectivity index (χ1v) is 8.60. The van der Waals surface area contributed by atoms with Crippen LogP contribution in [-0.4, -0.2) is 18.1 Å². The summed E-state index contributed by atoms with van der Waals surface area (Å²) in [5.74, 6) is -0.746. The Balaban J connectivity index is 2.23. The van der Waals surface area contributed by atoms with E-state index in [2.05, 4.69) is 4.72 Å². The lowest BCUT2D eigenvalue weighted by molar-refractivity contribution is -0.0384. The van der Waals surface area contributed by atoms with Crippen LogP contribution < -0.4 is 4.72 Å². The average Bonchev–Trinajstić information content (AvgIpc) is 2.46.